The minimum absolute atomic E-state index is 0. The number of aliphatic imine (C=N–C) groups is 2. The number of carbonyl (C=O) groups excluding carboxylic acids is 9. The largest absolute Gasteiger partial charge is 0.481 e. The number of carboxylic acids is 4. The van der Waals surface area contributed by atoms with Crippen LogP contribution >= 0.6 is 0 Å². The van der Waals surface area contributed by atoms with Crippen molar-refractivity contribution in [2.45, 2.75) is 171 Å². The van der Waals surface area contributed by atoms with Crippen LogP contribution in [0.25, 0.3) is 0 Å². The predicted molar refractivity (Wildman–Crippen MR) is 367 cm³/mol. The number of guanidine groups is 2. The summed E-state index contributed by atoms with van der Waals surface area (Å²) in [5, 5.41) is 58.4. The van der Waals surface area contributed by atoms with Gasteiger partial charge in [-0.05, 0) is 94.7 Å². The van der Waals surface area contributed by atoms with E-state index < -0.39 is 145 Å². The molecule has 9 amide bonds. The predicted octanol–water partition coefficient (Wildman–Crippen LogP) is -7.40. The topological polar surface area (TPSA) is 712 Å². The smallest absolute Gasteiger partial charge is 0.326 e. The van der Waals surface area contributed by atoms with Crippen LogP contribution in [0.3, 0.4) is 0 Å². The highest BCUT2D eigenvalue weighted by atomic mass is 16.4. The third-order valence-corrected chi connectivity index (χ3v) is 15.0. The number of carbonyl (C=O) groups is 13. The number of benzene rings is 2. The lowest BCUT2D eigenvalue weighted by atomic mass is 10.0. The van der Waals surface area contributed by atoms with Gasteiger partial charge in [0.25, 0.3) is 17.9 Å². The number of likely N-dealkylation sites (tertiary alicyclic amines) is 3. The number of aliphatic hydroxyl groups is 1. The van der Waals surface area contributed by atoms with Crippen molar-refractivity contribution in [2.24, 2.45) is 44.4 Å². The second-order valence-electron chi connectivity index (χ2n) is 22.9. The van der Waals surface area contributed by atoms with Crippen molar-refractivity contribution in [3.8, 4) is 0 Å². The van der Waals surface area contributed by atoms with Gasteiger partial charge in [0.15, 0.2) is 11.9 Å². The Balaban J connectivity index is -0.00000554. The van der Waals surface area contributed by atoms with E-state index in [1.54, 1.807) is 60.7 Å². The highest BCUT2D eigenvalue weighted by molar-refractivity contribution is 5.98. The fourth-order valence-corrected chi connectivity index (χ4v) is 10.6. The summed E-state index contributed by atoms with van der Waals surface area (Å²) in [5.74, 6) is -10.4. The van der Waals surface area contributed by atoms with Gasteiger partial charge < -0.3 is 128 Å². The molecule has 3 fully saturated rings. The quantitative estimate of drug-likeness (QED) is 0.0179. The van der Waals surface area contributed by atoms with Crippen molar-refractivity contribution in [3.63, 3.8) is 0 Å². The highest BCUT2D eigenvalue weighted by Crippen LogP contribution is 2.27. The molecule has 5 rings (SSSR count). The van der Waals surface area contributed by atoms with E-state index in [4.69, 9.17) is 64.1 Å². The Morgan fingerprint density at radius 1 is 0.495 bits per heavy atom. The summed E-state index contributed by atoms with van der Waals surface area (Å²) in [6.45, 7) is 2.87. The molecule has 0 saturated carbocycles. The van der Waals surface area contributed by atoms with Crippen LogP contribution in [0.15, 0.2) is 70.6 Å². The summed E-state index contributed by atoms with van der Waals surface area (Å²) in [6, 6.07) is 6.55. The van der Waals surface area contributed by atoms with Gasteiger partial charge in [0.05, 0.1) is 19.2 Å². The molecule has 9 atom stereocenters. The van der Waals surface area contributed by atoms with Crippen LogP contribution in [-0.2, 0) is 75.2 Å². The van der Waals surface area contributed by atoms with Crippen molar-refractivity contribution in [3.05, 3.63) is 71.8 Å². The van der Waals surface area contributed by atoms with E-state index in [-0.39, 0.29) is 111 Å². The maximum atomic E-state index is 14.3. The van der Waals surface area contributed by atoms with Gasteiger partial charge in [-0.1, -0.05) is 67.1 Å². The standard InChI is InChI=1S/C56H85N17O12.3C2H4O2.4H2O/c57-24-8-7-18-36(58)46(76)67-37(19-9-25-63-55(59)60)51(81)73-29-13-23-44(73)53(83)72-28-11-21-42(72)49(79)65-32-45(75)66-39(30-34-14-3-1-4-15-34)47(77)70-41(33-74)52(82)71-27-12-22-43(71)50(80)69-40(31-35-16-5-2-6-17-35)48(78)68-38(54(84)85)20-10-26-64-56(61)62;3*1-2(3)4;;;;/h1-6,14-17,36-44,74H,7-13,18-33,57-58H2,(H,65,79)(H,66,75)(H,67,76)(H,68,78)(H,69,80)(H,70,77)(H,84,85)(H4,59,60,63)(H4,61,62,64);3*1H3,(H,3,4);4*1H2/t36-,37-,38-,39-,40-,41-,42-,43-,44-;;;;;;;/m0......./s1. The van der Waals surface area contributed by atoms with Gasteiger partial charge >= 0.3 is 5.97 Å². The van der Waals surface area contributed by atoms with Crippen LogP contribution in [0.4, 0.5) is 0 Å². The molecular formula is C62H105N17O22. The fraction of sp³-hybridized carbons (Fsp3) is 0.565. The molecule has 2 aromatic rings. The van der Waals surface area contributed by atoms with Crippen LogP contribution in [0.1, 0.15) is 115 Å². The van der Waals surface area contributed by atoms with Crippen LogP contribution in [0.2, 0.25) is 0 Å². The van der Waals surface area contributed by atoms with E-state index >= 15 is 0 Å². The van der Waals surface area contributed by atoms with Crippen molar-refractivity contribution in [2.75, 3.05) is 52.4 Å². The Bertz CT molecular complexity index is 2960. The van der Waals surface area contributed by atoms with Gasteiger partial charge in [0.1, 0.15) is 48.3 Å². The SMILES string of the molecule is CC(=O)O.CC(=O)O.CC(=O)O.NCCCC[C@H](N)C(=O)N[C@@H](CCCN=C(N)N)C(=O)N1CCC[C@H]1C(=O)N1CCC[C@H]1C(=O)NCC(=O)N[C@@H](Cc1ccccc1)C(=O)N[C@@H](CO)C(=O)N1CCC[C@H]1C(=O)N[C@@H](Cc1ccccc1)C(=O)N[C@@H](CCCN=C(N)N)C(=O)O.O.O.O.O. The van der Waals surface area contributed by atoms with Crippen molar-refractivity contribution in [1.82, 2.24) is 46.6 Å². The number of rotatable bonds is 33. The van der Waals surface area contributed by atoms with Crippen LogP contribution < -0.4 is 66.3 Å². The average Bonchev–Trinajstić information content (AvgIpc) is 1.70. The molecule has 0 aliphatic carbocycles. The van der Waals surface area contributed by atoms with E-state index in [2.05, 4.69) is 41.9 Å². The summed E-state index contributed by atoms with van der Waals surface area (Å²) in [7, 11) is 0. The zero-order valence-electron chi connectivity index (χ0n) is 57.0. The molecule has 39 nitrogen and oxygen atoms in total. The van der Waals surface area contributed by atoms with Crippen molar-refractivity contribution in [1.29, 1.82) is 0 Å². The second-order valence-corrected chi connectivity index (χ2v) is 22.9. The van der Waals surface area contributed by atoms with Gasteiger partial charge in [-0.25, -0.2) is 4.79 Å². The molecule has 3 aliphatic rings. The average molecular weight is 1440 g/mol. The second kappa shape index (κ2) is 51.0. The minimum Gasteiger partial charge on any atom is -0.481 e. The lowest BCUT2D eigenvalue weighted by Gasteiger charge is -2.33. The number of nitrogens with zero attached hydrogens (tertiary/aromatic N) is 5. The Morgan fingerprint density at radius 2 is 0.891 bits per heavy atom. The zero-order chi connectivity index (χ0) is 72.7. The van der Waals surface area contributed by atoms with E-state index in [0.717, 1.165) is 20.8 Å². The van der Waals surface area contributed by atoms with Gasteiger partial charge in [0, 0.05) is 66.3 Å². The lowest BCUT2D eigenvalue weighted by molar-refractivity contribution is -0.148. The van der Waals surface area contributed by atoms with Gasteiger partial charge in [-0.15, -0.1) is 0 Å². The summed E-state index contributed by atoms with van der Waals surface area (Å²) in [6.07, 6.45) is 4.09. The number of hydrogen-bond acceptors (Lipinski definition) is 18. The van der Waals surface area contributed by atoms with Crippen LogP contribution in [-0.4, -0.2) is 258 Å². The maximum Gasteiger partial charge on any atom is 0.326 e. The highest BCUT2D eigenvalue weighted by Gasteiger charge is 2.44. The lowest BCUT2D eigenvalue weighted by Crippen LogP contribution is -2.60. The summed E-state index contributed by atoms with van der Waals surface area (Å²) in [5.41, 5.74) is 34.7. The number of amides is 9. The van der Waals surface area contributed by atoms with E-state index in [1.807, 2.05) is 0 Å². The molecule has 0 radical (unpaired) electrons. The number of nitrogens with two attached hydrogens (primary N) is 6. The number of aliphatic hydroxyl groups excluding tert-OH is 1. The van der Waals surface area contributed by atoms with Crippen LogP contribution in [0, 0.1) is 0 Å². The molecule has 101 heavy (non-hydrogen) atoms. The first kappa shape index (κ1) is 95.0. The fourth-order valence-electron chi connectivity index (χ4n) is 10.6. The molecule has 3 heterocycles. The normalized spacial score (nSPS) is 16.3. The number of carboxylic acid groups (broad SMARTS) is 4. The zero-order valence-corrected chi connectivity index (χ0v) is 57.0. The Morgan fingerprint density at radius 3 is 1.34 bits per heavy atom. The third kappa shape index (κ3) is 36.5. The Kier molecular flexibility index (Phi) is 48.0. The van der Waals surface area contributed by atoms with Crippen LogP contribution in [0.5, 0.6) is 0 Å². The number of aliphatic carboxylic acids is 4. The maximum absolute atomic E-state index is 14.3. The molecule has 3 aliphatic heterocycles. The first-order valence-corrected chi connectivity index (χ1v) is 31.7. The molecule has 2 aromatic carbocycles. The van der Waals surface area contributed by atoms with Gasteiger partial charge in [-0.2, -0.15) is 0 Å². The van der Waals surface area contributed by atoms with Crippen molar-refractivity contribution < 1.29 is 110 Å². The third-order valence-electron chi connectivity index (χ3n) is 15.0. The number of nitrogens with one attached hydrogen (secondary N) is 6. The summed E-state index contributed by atoms with van der Waals surface area (Å²) in [4.78, 5) is 177. The summed E-state index contributed by atoms with van der Waals surface area (Å²) >= 11 is 0. The molecule has 39 heteroatoms. The first-order valence-electron chi connectivity index (χ1n) is 31.7. The molecule has 31 N–H and O–H groups in total. The van der Waals surface area contributed by atoms with E-state index in [1.165, 1.54) is 14.7 Å². The first-order chi connectivity index (χ1) is 45.9. The molecule has 0 spiro atoms. The molecule has 0 unspecified atom stereocenters. The molecule has 570 valence electrons. The minimum atomic E-state index is -1.61. The molecule has 0 aromatic heterocycles. The summed E-state index contributed by atoms with van der Waals surface area (Å²) < 4.78 is 0. The number of unbranched alkanes of at least 4 members (excludes halogenated alkanes) is 1. The monoisotopic (exact) mass is 1440 g/mol. The number of hydrogen-bond donors (Lipinski definition) is 17. The molecule has 0 bridgehead atoms. The molecular weight excluding hydrogens is 1330 g/mol. The van der Waals surface area contributed by atoms with E-state index in [0.29, 0.717) is 69.0 Å². The van der Waals surface area contributed by atoms with Gasteiger partial charge in [-0.3, -0.25) is 67.5 Å². The Hall–Kier alpha value is -10.2. The molecule has 3 saturated heterocycles. The van der Waals surface area contributed by atoms with E-state index in [9.17, 15) is 58.2 Å². The van der Waals surface area contributed by atoms with Gasteiger partial charge in [0.2, 0.25) is 53.2 Å². The Labute approximate surface area is 583 Å². The van der Waals surface area contributed by atoms with Crippen molar-refractivity contribution >= 4 is 89.0 Å².